The fourth-order valence-electron chi connectivity index (χ4n) is 3.97. The van der Waals surface area contributed by atoms with Gasteiger partial charge in [0.2, 0.25) is 5.91 Å². The lowest BCUT2D eigenvalue weighted by atomic mass is 10.0. The Kier molecular flexibility index (Phi) is 7.42. The Morgan fingerprint density at radius 1 is 0.973 bits per heavy atom. The van der Waals surface area contributed by atoms with Gasteiger partial charge in [0.25, 0.3) is 5.91 Å². The van der Waals surface area contributed by atoms with E-state index in [4.69, 9.17) is 46.4 Å². The molecule has 4 nitrogen and oxygen atoms in total. The van der Waals surface area contributed by atoms with Crippen molar-refractivity contribution in [1.82, 2.24) is 0 Å². The fraction of sp³-hybridized carbons (Fsp3) is 0.200. The minimum Gasteiger partial charge on any atom is -0.326 e. The van der Waals surface area contributed by atoms with Crippen LogP contribution in [0.4, 0.5) is 28.9 Å². The van der Waals surface area contributed by atoms with Gasteiger partial charge in [-0.25, -0.2) is 4.39 Å². The van der Waals surface area contributed by atoms with E-state index in [2.05, 4.69) is 5.32 Å². The first-order chi connectivity index (χ1) is 17.2. The van der Waals surface area contributed by atoms with Crippen molar-refractivity contribution in [2.24, 2.45) is 5.92 Å². The van der Waals surface area contributed by atoms with E-state index < -0.39 is 45.5 Å². The van der Waals surface area contributed by atoms with Crippen molar-refractivity contribution in [3.05, 3.63) is 93.2 Å². The zero-order valence-corrected chi connectivity index (χ0v) is 21.7. The summed E-state index contributed by atoms with van der Waals surface area (Å²) in [6.07, 6.45) is -4.65. The van der Waals surface area contributed by atoms with Crippen LogP contribution in [0, 0.1) is 11.7 Å². The summed E-state index contributed by atoms with van der Waals surface area (Å²) in [4.78, 5) is 27.3. The molecule has 1 fully saturated rings. The van der Waals surface area contributed by atoms with Gasteiger partial charge in [-0.2, -0.15) is 13.2 Å². The van der Waals surface area contributed by atoms with Crippen molar-refractivity contribution in [2.45, 2.75) is 16.4 Å². The van der Waals surface area contributed by atoms with Gasteiger partial charge in [0.1, 0.15) is 10.2 Å². The fourth-order valence-corrected chi connectivity index (χ4v) is 5.24. The lowest BCUT2D eigenvalue weighted by Crippen LogP contribution is -2.26. The number of carbonyl (C=O) groups is 2. The maximum Gasteiger partial charge on any atom is 0.416 e. The molecule has 0 bridgehead atoms. The molecule has 0 aliphatic heterocycles. The van der Waals surface area contributed by atoms with Crippen molar-refractivity contribution < 1.29 is 27.2 Å². The number of benzene rings is 3. The highest BCUT2D eigenvalue weighted by Crippen LogP contribution is 2.65. The van der Waals surface area contributed by atoms with Gasteiger partial charge >= 0.3 is 6.18 Å². The average molecular weight is 594 g/mol. The largest absolute Gasteiger partial charge is 0.416 e. The predicted molar refractivity (Wildman–Crippen MR) is 136 cm³/mol. The monoisotopic (exact) mass is 592 g/mol. The van der Waals surface area contributed by atoms with Crippen molar-refractivity contribution in [1.29, 1.82) is 0 Å². The molecule has 3 aromatic carbocycles. The molecular weight excluding hydrogens is 578 g/mol. The van der Waals surface area contributed by atoms with Gasteiger partial charge in [0.05, 0.1) is 22.1 Å². The summed E-state index contributed by atoms with van der Waals surface area (Å²) in [5.41, 5.74) is -0.283. The Morgan fingerprint density at radius 3 is 2.24 bits per heavy atom. The standard InChI is InChI=1S/C25H16Cl4F4N2O2/c1-35(17-5-2-15(30)3-6-17)23(37)18-11-16(4-7-19(18)27)34-22(36)21-20(24(21,28)29)12-8-13(25(31,32)33)10-14(26)9-12/h2-11,20-21H,1H3,(H,34,36)/t20-,21+/m0/s1. The second-order valence-electron chi connectivity index (χ2n) is 8.43. The first-order valence-electron chi connectivity index (χ1n) is 10.6. The van der Waals surface area contributed by atoms with E-state index in [1.807, 2.05) is 0 Å². The summed E-state index contributed by atoms with van der Waals surface area (Å²) in [5, 5.41) is 2.51. The highest BCUT2D eigenvalue weighted by molar-refractivity contribution is 6.53. The number of alkyl halides is 5. The first-order valence-corrected chi connectivity index (χ1v) is 12.1. The molecule has 0 radical (unpaired) electrons. The van der Waals surface area contributed by atoms with Gasteiger partial charge < -0.3 is 10.2 Å². The molecular formula is C25H16Cl4F4N2O2. The number of nitrogens with one attached hydrogen (secondary N) is 1. The summed E-state index contributed by atoms with van der Waals surface area (Å²) >= 11 is 24.6. The zero-order valence-electron chi connectivity index (χ0n) is 18.7. The predicted octanol–water partition coefficient (Wildman–Crippen LogP) is 7.95. The minimum atomic E-state index is -4.65. The molecule has 0 saturated heterocycles. The lowest BCUT2D eigenvalue weighted by molar-refractivity contribution is -0.137. The summed E-state index contributed by atoms with van der Waals surface area (Å²) in [5.74, 6) is -3.70. The molecule has 0 heterocycles. The summed E-state index contributed by atoms with van der Waals surface area (Å²) in [6, 6.07) is 12.3. The molecule has 1 aliphatic rings. The number of hydrogen-bond donors (Lipinski definition) is 1. The van der Waals surface area contributed by atoms with Crippen LogP contribution in [0.1, 0.15) is 27.4 Å². The molecule has 1 aliphatic carbocycles. The first kappa shape index (κ1) is 27.5. The van der Waals surface area contributed by atoms with E-state index in [0.717, 1.165) is 12.1 Å². The molecule has 0 aromatic heterocycles. The number of anilines is 2. The van der Waals surface area contributed by atoms with Crippen molar-refractivity contribution in [3.8, 4) is 0 Å². The van der Waals surface area contributed by atoms with E-state index in [1.54, 1.807) is 0 Å². The van der Waals surface area contributed by atoms with Gasteiger partial charge in [-0.3, -0.25) is 9.59 Å². The molecule has 194 valence electrons. The molecule has 0 spiro atoms. The van der Waals surface area contributed by atoms with Crippen LogP contribution in [0.25, 0.3) is 0 Å². The van der Waals surface area contributed by atoms with E-state index in [0.29, 0.717) is 5.69 Å². The van der Waals surface area contributed by atoms with Gasteiger partial charge in [-0.05, 0) is 66.2 Å². The summed E-state index contributed by atoms with van der Waals surface area (Å²) in [6.45, 7) is 0. The van der Waals surface area contributed by atoms with E-state index in [-0.39, 0.29) is 26.9 Å². The van der Waals surface area contributed by atoms with Crippen LogP contribution in [0.15, 0.2) is 60.7 Å². The number of hydrogen-bond acceptors (Lipinski definition) is 2. The van der Waals surface area contributed by atoms with Gasteiger partial charge in [-0.15, -0.1) is 23.2 Å². The minimum absolute atomic E-state index is 0.0475. The third-order valence-corrected chi connectivity index (χ3v) is 7.41. The Bertz CT molecular complexity index is 1380. The number of amides is 2. The molecule has 37 heavy (non-hydrogen) atoms. The Labute approximate surface area is 229 Å². The van der Waals surface area contributed by atoms with Crippen LogP contribution in [-0.2, 0) is 11.0 Å². The Hall–Kier alpha value is -2.52. The van der Waals surface area contributed by atoms with E-state index >= 15 is 0 Å². The van der Waals surface area contributed by atoms with E-state index in [9.17, 15) is 27.2 Å². The number of halogens is 8. The maximum absolute atomic E-state index is 13.2. The second-order valence-corrected chi connectivity index (χ2v) is 10.7. The van der Waals surface area contributed by atoms with Crippen LogP contribution in [0.2, 0.25) is 10.0 Å². The molecule has 2 amide bonds. The molecule has 2 atom stereocenters. The maximum atomic E-state index is 13.2. The Balaban J connectivity index is 1.55. The van der Waals surface area contributed by atoms with Crippen molar-refractivity contribution in [3.63, 3.8) is 0 Å². The second kappa shape index (κ2) is 9.98. The lowest BCUT2D eigenvalue weighted by Gasteiger charge is -2.18. The van der Waals surface area contributed by atoms with Gasteiger partial charge in [0, 0.05) is 29.4 Å². The molecule has 12 heteroatoms. The van der Waals surface area contributed by atoms with Crippen LogP contribution in [-0.4, -0.2) is 23.2 Å². The van der Waals surface area contributed by atoms with Gasteiger partial charge in [-0.1, -0.05) is 23.2 Å². The van der Waals surface area contributed by atoms with Crippen molar-refractivity contribution in [2.75, 3.05) is 17.3 Å². The van der Waals surface area contributed by atoms with Crippen LogP contribution < -0.4 is 10.2 Å². The molecule has 4 rings (SSSR count). The molecule has 1 N–H and O–H groups in total. The smallest absolute Gasteiger partial charge is 0.326 e. The molecule has 3 aromatic rings. The van der Waals surface area contributed by atoms with Crippen LogP contribution >= 0.6 is 46.4 Å². The number of rotatable bonds is 5. The normalized spacial score (nSPS) is 18.3. The topological polar surface area (TPSA) is 49.4 Å². The molecule has 0 unspecified atom stereocenters. The highest BCUT2D eigenvalue weighted by atomic mass is 35.5. The number of carbonyl (C=O) groups excluding carboxylic acids is 2. The molecule has 1 saturated carbocycles. The quantitative estimate of drug-likeness (QED) is 0.241. The number of nitrogens with zero attached hydrogens (tertiary/aromatic N) is 1. The SMILES string of the molecule is CN(C(=O)c1cc(NC(=O)[C@H]2[C@H](c3cc(Cl)cc(C(F)(F)F)c3)C2(Cl)Cl)ccc1Cl)c1ccc(F)cc1. The Morgan fingerprint density at radius 2 is 1.62 bits per heavy atom. The zero-order chi connectivity index (χ0) is 27.3. The summed E-state index contributed by atoms with van der Waals surface area (Å²) in [7, 11) is 1.47. The third-order valence-electron chi connectivity index (χ3n) is 5.93. The average Bonchev–Trinajstić information content (AvgIpc) is 3.41. The van der Waals surface area contributed by atoms with Crippen LogP contribution in [0.5, 0.6) is 0 Å². The van der Waals surface area contributed by atoms with E-state index in [1.165, 1.54) is 60.5 Å². The van der Waals surface area contributed by atoms with Crippen LogP contribution in [0.3, 0.4) is 0 Å². The summed E-state index contributed by atoms with van der Waals surface area (Å²) < 4.78 is 51.2. The van der Waals surface area contributed by atoms with Crippen molar-refractivity contribution >= 4 is 69.6 Å². The third kappa shape index (κ3) is 5.67. The van der Waals surface area contributed by atoms with Gasteiger partial charge in [0.15, 0.2) is 0 Å². The highest BCUT2D eigenvalue weighted by Gasteiger charge is 2.67.